The van der Waals surface area contributed by atoms with Crippen LogP contribution in [0.25, 0.3) is 0 Å². The molecule has 1 N–H and O–H groups in total. The van der Waals surface area contributed by atoms with Gasteiger partial charge < -0.3 is 5.32 Å². The van der Waals surface area contributed by atoms with Gasteiger partial charge in [0.25, 0.3) is 0 Å². The van der Waals surface area contributed by atoms with E-state index in [4.69, 9.17) is 0 Å². The first kappa shape index (κ1) is 14.5. The van der Waals surface area contributed by atoms with Gasteiger partial charge in [0, 0.05) is 16.2 Å². The Hall–Kier alpha value is -1.47. The minimum Gasteiger partial charge on any atom is -0.301 e. The van der Waals surface area contributed by atoms with Crippen molar-refractivity contribution in [2.45, 2.75) is 23.7 Å². The van der Waals surface area contributed by atoms with Crippen molar-refractivity contribution >= 4 is 34.1 Å². The van der Waals surface area contributed by atoms with Crippen LogP contribution >= 0.6 is 23.1 Å². The van der Waals surface area contributed by atoms with Crippen LogP contribution in [0.1, 0.15) is 24.5 Å². The van der Waals surface area contributed by atoms with Crippen LogP contribution in [-0.2, 0) is 4.79 Å². The van der Waals surface area contributed by atoms with Crippen LogP contribution in [0.3, 0.4) is 0 Å². The molecule has 1 aromatic heterocycles. The van der Waals surface area contributed by atoms with Gasteiger partial charge >= 0.3 is 0 Å². The number of carbonyl (C=O) groups excluding carboxylic acids is 1. The van der Waals surface area contributed by atoms with E-state index in [-0.39, 0.29) is 11.7 Å². The minimum absolute atomic E-state index is 0.128. The summed E-state index contributed by atoms with van der Waals surface area (Å²) in [6, 6.07) is 3.59. The molecule has 1 aliphatic carbocycles. The summed E-state index contributed by atoms with van der Waals surface area (Å²) in [6.07, 6.45) is 2.34. The van der Waals surface area contributed by atoms with Gasteiger partial charge in [-0.1, -0.05) is 0 Å². The summed E-state index contributed by atoms with van der Waals surface area (Å²) < 4.78 is 25.8. The first-order valence-corrected chi connectivity index (χ1v) is 8.31. The topological polar surface area (TPSA) is 42.0 Å². The van der Waals surface area contributed by atoms with Crippen LogP contribution in [0.5, 0.6) is 0 Å². The van der Waals surface area contributed by atoms with Crippen molar-refractivity contribution in [1.82, 2.24) is 4.98 Å². The number of nitrogens with one attached hydrogen (secondary N) is 1. The highest BCUT2D eigenvalue weighted by Crippen LogP contribution is 2.40. The average molecular weight is 326 g/mol. The minimum atomic E-state index is -0.908. The molecule has 0 saturated heterocycles. The number of aromatic nitrogens is 1. The lowest BCUT2D eigenvalue weighted by atomic mass is 10.3. The van der Waals surface area contributed by atoms with Crippen LogP contribution < -0.4 is 5.32 Å². The third kappa shape index (κ3) is 3.79. The van der Waals surface area contributed by atoms with Gasteiger partial charge in [0.2, 0.25) is 5.91 Å². The maximum Gasteiger partial charge on any atom is 0.236 e. The smallest absolute Gasteiger partial charge is 0.236 e. The molecule has 0 spiro atoms. The number of rotatable bonds is 5. The van der Waals surface area contributed by atoms with Gasteiger partial charge in [0.15, 0.2) is 16.8 Å². The van der Waals surface area contributed by atoms with Crippen molar-refractivity contribution in [1.29, 1.82) is 0 Å². The number of halogens is 2. The second-order valence-electron chi connectivity index (χ2n) is 4.76. The predicted octanol–water partition coefficient (Wildman–Crippen LogP) is 4.03. The maximum atomic E-state index is 13.0. The molecule has 1 saturated carbocycles. The van der Waals surface area contributed by atoms with Crippen LogP contribution in [0.15, 0.2) is 28.5 Å². The number of carbonyl (C=O) groups is 1. The van der Waals surface area contributed by atoms with Gasteiger partial charge in [0.1, 0.15) is 0 Å². The van der Waals surface area contributed by atoms with Gasteiger partial charge in [0.05, 0.1) is 11.4 Å². The quantitative estimate of drug-likeness (QED) is 0.844. The number of amides is 1. The Balaban J connectivity index is 1.52. The van der Waals surface area contributed by atoms with Crippen molar-refractivity contribution in [3.8, 4) is 0 Å². The molecule has 0 unspecified atom stereocenters. The molecule has 0 bridgehead atoms. The number of hydrogen-bond donors (Lipinski definition) is 1. The van der Waals surface area contributed by atoms with Gasteiger partial charge in [-0.25, -0.2) is 13.8 Å². The van der Waals surface area contributed by atoms with E-state index in [0.29, 0.717) is 15.9 Å². The van der Waals surface area contributed by atoms with E-state index in [1.165, 1.54) is 30.2 Å². The first-order chi connectivity index (χ1) is 10.1. The number of anilines is 1. The van der Waals surface area contributed by atoms with Crippen LogP contribution in [0.4, 0.5) is 13.9 Å². The molecule has 110 valence electrons. The molecule has 1 aromatic carbocycles. The molecule has 1 heterocycles. The largest absolute Gasteiger partial charge is 0.301 e. The summed E-state index contributed by atoms with van der Waals surface area (Å²) in [5.41, 5.74) is 1.04. The Bertz CT molecular complexity index is 671. The zero-order valence-electron chi connectivity index (χ0n) is 10.9. The highest BCUT2D eigenvalue weighted by Gasteiger charge is 2.26. The van der Waals surface area contributed by atoms with Crippen LogP contribution in [0.2, 0.25) is 0 Å². The zero-order chi connectivity index (χ0) is 14.8. The van der Waals surface area contributed by atoms with Gasteiger partial charge in [-0.2, -0.15) is 0 Å². The standard InChI is InChI=1S/C14H12F2N2OS2/c15-10-4-3-9(5-11(10)16)20-7-13(19)18-14-17-12(6-21-14)8-1-2-8/h3-6,8H,1-2,7H2,(H,17,18,19). The van der Waals surface area contributed by atoms with Crippen molar-refractivity contribution in [2.75, 3.05) is 11.1 Å². The second kappa shape index (κ2) is 6.11. The number of hydrogen-bond acceptors (Lipinski definition) is 4. The Labute approximate surface area is 128 Å². The monoisotopic (exact) mass is 326 g/mol. The molecular formula is C14H12F2N2OS2. The summed E-state index contributed by atoms with van der Waals surface area (Å²) in [6.45, 7) is 0. The molecule has 0 aliphatic heterocycles. The molecule has 21 heavy (non-hydrogen) atoms. The summed E-state index contributed by atoms with van der Waals surface area (Å²) in [5, 5.41) is 5.28. The fourth-order valence-electron chi connectivity index (χ4n) is 1.78. The molecule has 1 aliphatic rings. The van der Waals surface area contributed by atoms with Crippen molar-refractivity contribution in [3.63, 3.8) is 0 Å². The molecule has 1 fully saturated rings. The summed E-state index contributed by atoms with van der Waals surface area (Å²) in [5.74, 6) is -1.32. The average Bonchev–Trinajstić information content (AvgIpc) is 3.21. The Kier molecular flexibility index (Phi) is 4.21. The van der Waals surface area contributed by atoms with E-state index in [2.05, 4.69) is 10.3 Å². The number of thiazole rings is 1. The molecular weight excluding hydrogens is 314 g/mol. The zero-order valence-corrected chi connectivity index (χ0v) is 12.6. The number of nitrogens with zero attached hydrogens (tertiary/aromatic N) is 1. The van der Waals surface area contributed by atoms with E-state index in [1.807, 2.05) is 5.38 Å². The fourth-order valence-corrected chi connectivity index (χ4v) is 3.31. The van der Waals surface area contributed by atoms with Crippen LogP contribution in [0, 0.1) is 11.6 Å². The fraction of sp³-hybridized carbons (Fsp3) is 0.286. The lowest BCUT2D eigenvalue weighted by molar-refractivity contribution is -0.113. The lowest BCUT2D eigenvalue weighted by Gasteiger charge is -2.02. The number of benzene rings is 1. The molecule has 0 radical (unpaired) electrons. The molecule has 2 aromatic rings. The molecule has 1 amide bonds. The van der Waals surface area contributed by atoms with Crippen molar-refractivity contribution in [3.05, 3.63) is 40.9 Å². The normalized spacial score (nSPS) is 14.2. The van der Waals surface area contributed by atoms with Gasteiger partial charge in [-0.15, -0.1) is 23.1 Å². The van der Waals surface area contributed by atoms with Gasteiger partial charge in [-0.3, -0.25) is 4.79 Å². The Morgan fingerprint density at radius 1 is 1.38 bits per heavy atom. The molecule has 7 heteroatoms. The first-order valence-electron chi connectivity index (χ1n) is 6.45. The van der Waals surface area contributed by atoms with Crippen molar-refractivity contribution < 1.29 is 13.6 Å². The van der Waals surface area contributed by atoms with E-state index in [9.17, 15) is 13.6 Å². The summed E-state index contributed by atoms with van der Waals surface area (Å²) in [4.78, 5) is 16.7. The van der Waals surface area contributed by atoms with Crippen LogP contribution in [-0.4, -0.2) is 16.6 Å². The van der Waals surface area contributed by atoms with E-state index >= 15 is 0 Å². The molecule has 0 atom stereocenters. The van der Waals surface area contributed by atoms with E-state index < -0.39 is 11.6 Å². The predicted molar refractivity (Wildman–Crippen MR) is 79.8 cm³/mol. The third-order valence-electron chi connectivity index (χ3n) is 3.02. The third-order valence-corrected chi connectivity index (χ3v) is 4.79. The highest BCUT2D eigenvalue weighted by atomic mass is 32.2. The molecule has 3 rings (SSSR count). The highest BCUT2D eigenvalue weighted by molar-refractivity contribution is 8.00. The second-order valence-corrected chi connectivity index (χ2v) is 6.67. The summed E-state index contributed by atoms with van der Waals surface area (Å²) >= 11 is 2.56. The lowest BCUT2D eigenvalue weighted by Crippen LogP contribution is -2.13. The van der Waals surface area contributed by atoms with Crippen molar-refractivity contribution in [2.24, 2.45) is 0 Å². The summed E-state index contributed by atoms with van der Waals surface area (Å²) in [7, 11) is 0. The molecule has 3 nitrogen and oxygen atoms in total. The van der Waals surface area contributed by atoms with E-state index in [1.54, 1.807) is 0 Å². The van der Waals surface area contributed by atoms with E-state index in [0.717, 1.165) is 29.6 Å². The Morgan fingerprint density at radius 2 is 2.19 bits per heavy atom. The Morgan fingerprint density at radius 3 is 2.90 bits per heavy atom. The number of thioether (sulfide) groups is 1. The maximum absolute atomic E-state index is 13.0. The van der Waals surface area contributed by atoms with Gasteiger partial charge in [-0.05, 0) is 31.0 Å². The SMILES string of the molecule is O=C(CSc1ccc(F)c(F)c1)Nc1nc(C2CC2)cs1.